The van der Waals surface area contributed by atoms with E-state index >= 15 is 0 Å². The minimum atomic E-state index is 0.155. The maximum absolute atomic E-state index is 5.69. The number of hydrogen-bond acceptors (Lipinski definition) is 2. The van der Waals surface area contributed by atoms with Crippen LogP contribution in [0.3, 0.4) is 0 Å². The number of ether oxygens (including phenoxy) is 1. The van der Waals surface area contributed by atoms with Crippen LogP contribution in [-0.2, 0) is 4.74 Å². The van der Waals surface area contributed by atoms with Crippen molar-refractivity contribution in [3.05, 3.63) is 35.9 Å². The van der Waals surface area contributed by atoms with E-state index in [4.69, 9.17) is 4.74 Å². The molecule has 0 aliphatic carbocycles. The Morgan fingerprint density at radius 1 is 1.12 bits per heavy atom. The number of rotatable bonds is 8. The molecule has 0 spiro atoms. The lowest BCUT2D eigenvalue weighted by molar-refractivity contribution is 0.0646. The smallest absolute Gasteiger partial charge is 0.0973 e. The van der Waals surface area contributed by atoms with E-state index in [9.17, 15) is 0 Å². The number of methoxy groups -OCH3 is 1. The van der Waals surface area contributed by atoms with Crippen LogP contribution in [0.15, 0.2) is 30.3 Å². The topological polar surface area (TPSA) is 21.3 Å². The predicted molar refractivity (Wildman–Crippen MR) is 73.2 cm³/mol. The van der Waals surface area contributed by atoms with Crippen LogP contribution in [-0.4, -0.2) is 19.7 Å². The lowest BCUT2D eigenvalue weighted by Gasteiger charge is -2.27. The van der Waals surface area contributed by atoms with Gasteiger partial charge in [0, 0.05) is 13.2 Å². The van der Waals surface area contributed by atoms with Crippen LogP contribution in [0.1, 0.15) is 44.8 Å². The van der Waals surface area contributed by atoms with Crippen LogP contribution in [0.2, 0.25) is 0 Å². The third kappa shape index (κ3) is 4.49. The highest BCUT2D eigenvalue weighted by Crippen LogP contribution is 2.23. The zero-order valence-corrected chi connectivity index (χ0v) is 11.3. The molecule has 0 amide bonds. The summed E-state index contributed by atoms with van der Waals surface area (Å²) in [6.07, 6.45) is 3.63. The second-order valence-corrected chi connectivity index (χ2v) is 4.42. The fraction of sp³-hybridized carbons (Fsp3) is 0.600. The molecule has 0 bridgehead atoms. The summed E-state index contributed by atoms with van der Waals surface area (Å²) in [6, 6.07) is 10.9. The van der Waals surface area contributed by atoms with Crippen molar-refractivity contribution >= 4 is 0 Å². The zero-order chi connectivity index (χ0) is 12.5. The van der Waals surface area contributed by atoms with Gasteiger partial charge >= 0.3 is 0 Å². The summed E-state index contributed by atoms with van der Waals surface area (Å²) >= 11 is 0. The molecule has 1 aromatic rings. The molecular weight excluding hydrogens is 210 g/mol. The fourth-order valence-corrected chi connectivity index (χ4v) is 2.18. The van der Waals surface area contributed by atoms with E-state index in [1.165, 1.54) is 12.0 Å². The highest BCUT2D eigenvalue weighted by atomic mass is 16.5. The van der Waals surface area contributed by atoms with Crippen molar-refractivity contribution in [2.45, 2.75) is 45.3 Å². The van der Waals surface area contributed by atoms with Gasteiger partial charge in [0.05, 0.1) is 6.10 Å². The lowest BCUT2D eigenvalue weighted by Crippen LogP contribution is -2.36. The van der Waals surface area contributed by atoms with Crippen molar-refractivity contribution in [2.75, 3.05) is 13.7 Å². The average molecular weight is 235 g/mol. The molecule has 0 saturated carbocycles. The van der Waals surface area contributed by atoms with Crippen LogP contribution in [0.5, 0.6) is 0 Å². The van der Waals surface area contributed by atoms with Crippen LogP contribution in [0.25, 0.3) is 0 Å². The molecule has 0 fully saturated rings. The minimum Gasteiger partial charge on any atom is -0.375 e. The lowest BCUT2D eigenvalue weighted by atomic mass is 9.98. The van der Waals surface area contributed by atoms with Crippen molar-refractivity contribution in [2.24, 2.45) is 0 Å². The van der Waals surface area contributed by atoms with Gasteiger partial charge in [0.15, 0.2) is 0 Å². The average Bonchev–Trinajstić information content (AvgIpc) is 2.38. The van der Waals surface area contributed by atoms with Gasteiger partial charge in [-0.15, -0.1) is 0 Å². The summed E-state index contributed by atoms with van der Waals surface area (Å²) in [5, 5.41) is 3.59. The maximum Gasteiger partial charge on any atom is 0.0973 e. The number of benzene rings is 1. The van der Waals surface area contributed by atoms with E-state index in [1.54, 1.807) is 7.11 Å². The SMILES string of the molecule is CCCNC(CCC)C(OC)c1ccccc1. The fourth-order valence-electron chi connectivity index (χ4n) is 2.18. The highest BCUT2D eigenvalue weighted by molar-refractivity contribution is 5.19. The van der Waals surface area contributed by atoms with Crippen LogP contribution in [0.4, 0.5) is 0 Å². The molecule has 96 valence electrons. The molecule has 0 aliphatic rings. The first-order valence-electron chi connectivity index (χ1n) is 6.64. The van der Waals surface area contributed by atoms with Gasteiger partial charge in [0.2, 0.25) is 0 Å². The van der Waals surface area contributed by atoms with E-state index in [0.717, 1.165) is 19.4 Å². The second kappa shape index (κ2) is 8.26. The molecule has 0 radical (unpaired) electrons. The first-order valence-corrected chi connectivity index (χ1v) is 6.64. The molecule has 2 nitrogen and oxygen atoms in total. The van der Waals surface area contributed by atoms with Crippen molar-refractivity contribution in [1.29, 1.82) is 0 Å². The third-order valence-corrected chi connectivity index (χ3v) is 3.00. The standard InChI is InChI=1S/C15H25NO/c1-4-9-14(16-12-5-2)15(17-3)13-10-7-6-8-11-13/h6-8,10-11,14-16H,4-5,9,12H2,1-3H3. The zero-order valence-electron chi connectivity index (χ0n) is 11.3. The number of hydrogen-bond donors (Lipinski definition) is 1. The Kier molecular flexibility index (Phi) is 6.90. The highest BCUT2D eigenvalue weighted by Gasteiger charge is 2.21. The summed E-state index contributed by atoms with van der Waals surface area (Å²) < 4.78 is 5.69. The Hall–Kier alpha value is -0.860. The van der Waals surface area contributed by atoms with Gasteiger partial charge in [-0.05, 0) is 24.9 Å². The van der Waals surface area contributed by atoms with Crippen LogP contribution in [0, 0.1) is 0 Å². The molecule has 1 aromatic carbocycles. The second-order valence-electron chi connectivity index (χ2n) is 4.42. The Morgan fingerprint density at radius 3 is 2.35 bits per heavy atom. The van der Waals surface area contributed by atoms with E-state index < -0.39 is 0 Å². The summed E-state index contributed by atoms with van der Waals surface area (Å²) in [6.45, 7) is 5.47. The third-order valence-electron chi connectivity index (χ3n) is 3.00. The molecule has 1 N–H and O–H groups in total. The normalized spacial score (nSPS) is 14.5. The van der Waals surface area contributed by atoms with Crippen LogP contribution < -0.4 is 5.32 Å². The first-order chi connectivity index (χ1) is 8.33. The van der Waals surface area contributed by atoms with E-state index in [2.05, 4.69) is 43.4 Å². The monoisotopic (exact) mass is 235 g/mol. The van der Waals surface area contributed by atoms with Gasteiger partial charge in [-0.2, -0.15) is 0 Å². The molecule has 0 heterocycles. The summed E-state index contributed by atoms with van der Waals surface area (Å²) in [5.74, 6) is 0. The van der Waals surface area contributed by atoms with Crippen LogP contribution >= 0.6 is 0 Å². The van der Waals surface area contributed by atoms with Gasteiger partial charge in [-0.1, -0.05) is 50.6 Å². The first kappa shape index (κ1) is 14.2. The minimum absolute atomic E-state index is 0.155. The van der Waals surface area contributed by atoms with E-state index in [-0.39, 0.29) is 6.10 Å². The molecule has 0 aliphatic heterocycles. The summed E-state index contributed by atoms with van der Waals surface area (Å²) in [5.41, 5.74) is 1.26. The van der Waals surface area contributed by atoms with Gasteiger partial charge in [0.1, 0.15) is 0 Å². The van der Waals surface area contributed by atoms with E-state index in [0.29, 0.717) is 6.04 Å². The Balaban J connectivity index is 2.73. The van der Waals surface area contributed by atoms with Gasteiger partial charge < -0.3 is 10.1 Å². The summed E-state index contributed by atoms with van der Waals surface area (Å²) in [7, 11) is 1.80. The molecule has 2 heteroatoms. The molecular formula is C15H25NO. The Morgan fingerprint density at radius 2 is 1.82 bits per heavy atom. The maximum atomic E-state index is 5.69. The predicted octanol–water partition coefficient (Wildman–Crippen LogP) is 3.54. The quantitative estimate of drug-likeness (QED) is 0.744. The number of nitrogens with one attached hydrogen (secondary N) is 1. The largest absolute Gasteiger partial charge is 0.375 e. The van der Waals surface area contributed by atoms with Gasteiger partial charge in [0.25, 0.3) is 0 Å². The van der Waals surface area contributed by atoms with Gasteiger partial charge in [-0.25, -0.2) is 0 Å². The van der Waals surface area contributed by atoms with Crippen molar-refractivity contribution in [3.8, 4) is 0 Å². The molecule has 2 atom stereocenters. The molecule has 0 aromatic heterocycles. The van der Waals surface area contributed by atoms with E-state index in [1.807, 2.05) is 6.07 Å². The van der Waals surface area contributed by atoms with Gasteiger partial charge in [-0.3, -0.25) is 0 Å². The molecule has 17 heavy (non-hydrogen) atoms. The van der Waals surface area contributed by atoms with Crippen molar-refractivity contribution < 1.29 is 4.74 Å². The molecule has 2 unspecified atom stereocenters. The summed E-state index contributed by atoms with van der Waals surface area (Å²) in [4.78, 5) is 0. The van der Waals surface area contributed by atoms with Crippen molar-refractivity contribution in [3.63, 3.8) is 0 Å². The molecule has 1 rings (SSSR count). The van der Waals surface area contributed by atoms with Crippen molar-refractivity contribution in [1.82, 2.24) is 5.32 Å². The Bertz CT molecular complexity index is 286. The molecule has 0 saturated heterocycles. The Labute approximate surface area is 105 Å².